The fraction of sp³-hybridized carbons (Fsp3) is 0.947. The van der Waals surface area contributed by atoms with Crippen molar-refractivity contribution in [3.63, 3.8) is 0 Å². The van der Waals surface area contributed by atoms with E-state index in [0.717, 1.165) is 6.29 Å². The van der Waals surface area contributed by atoms with Crippen molar-refractivity contribution < 1.29 is 18.7 Å². The van der Waals surface area contributed by atoms with Crippen molar-refractivity contribution in [3.8, 4) is 0 Å². The Labute approximate surface area is 149 Å². The maximum atomic E-state index is 11.5. The first-order valence-corrected chi connectivity index (χ1v) is 12.1. The van der Waals surface area contributed by atoms with Gasteiger partial charge in [-0.1, -0.05) is 41.5 Å². The molecule has 0 saturated carbocycles. The summed E-state index contributed by atoms with van der Waals surface area (Å²) in [5.41, 5.74) is 0. The molecule has 1 aliphatic heterocycles. The third-order valence-electron chi connectivity index (χ3n) is 5.68. The molecule has 24 heavy (non-hydrogen) atoms. The third-order valence-corrected chi connectivity index (χ3v) is 10.2. The molecule has 5 atom stereocenters. The van der Waals surface area contributed by atoms with Crippen molar-refractivity contribution in [1.29, 1.82) is 0 Å². The van der Waals surface area contributed by atoms with Gasteiger partial charge in [0.15, 0.2) is 14.1 Å². The molecule has 5 heteroatoms. The number of hydrogen-bond acceptors (Lipinski definition) is 4. The second kappa shape index (κ2) is 7.56. The van der Waals surface area contributed by atoms with Gasteiger partial charge in [-0.3, -0.25) is 0 Å². The van der Waals surface area contributed by atoms with E-state index in [1.807, 2.05) is 20.8 Å². The van der Waals surface area contributed by atoms with Crippen molar-refractivity contribution in [1.82, 2.24) is 0 Å². The highest BCUT2D eigenvalue weighted by Gasteiger charge is 2.45. The quantitative estimate of drug-likeness (QED) is 0.513. The van der Waals surface area contributed by atoms with Crippen LogP contribution in [0.3, 0.4) is 0 Å². The van der Waals surface area contributed by atoms with E-state index in [0.29, 0.717) is 6.61 Å². The van der Waals surface area contributed by atoms with Crippen LogP contribution in [0.4, 0.5) is 0 Å². The minimum atomic E-state index is -1.98. The Kier molecular flexibility index (Phi) is 6.87. The molecule has 1 rings (SSSR count). The summed E-state index contributed by atoms with van der Waals surface area (Å²) in [7, 11) is -1.98. The lowest BCUT2D eigenvalue weighted by atomic mass is 9.84. The molecule has 0 bridgehead atoms. The van der Waals surface area contributed by atoms with Gasteiger partial charge in [-0.05, 0) is 32.0 Å². The Balaban J connectivity index is 3.05. The lowest BCUT2D eigenvalue weighted by Crippen LogP contribution is -2.54. The van der Waals surface area contributed by atoms with Crippen LogP contribution in [0.1, 0.15) is 55.4 Å². The average Bonchev–Trinajstić information content (AvgIpc) is 2.44. The number of carbonyl (C=O) groups excluding carboxylic acids is 1. The second-order valence-electron chi connectivity index (χ2n) is 9.47. The normalized spacial score (nSPS) is 28.9. The first kappa shape index (κ1) is 21.8. The van der Waals surface area contributed by atoms with Gasteiger partial charge in [0.25, 0.3) is 0 Å². The summed E-state index contributed by atoms with van der Waals surface area (Å²) in [6, 6.07) is 0. The largest absolute Gasteiger partial charge is 0.413 e. The number of carbonyl (C=O) groups is 1. The fourth-order valence-electron chi connectivity index (χ4n) is 3.01. The summed E-state index contributed by atoms with van der Waals surface area (Å²) in [6.07, 6.45) is 0.902. The molecule has 0 N–H and O–H groups in total. The van der Waals surface area contributed by atoms with Gasteiger partial charge in [-0.15, -0.1) is 0 Å². The number of aldehydes is 1. The van der Waals surface area contributed by atoms with Crippen molar-refractivity contribution >= 4 is 14.6 Å². The molecule has 0 unspecified atom stereocenters. The maximum Gasteiger partial charge on any atom is 0.192 e. The Morgan fingerprint density at radius 2 is 1.79 bits per heavy atom. The second-order valence-corrected chi connectivity index (χ2v) is 14.2. The third kappa shape index (κ3) is 5.13. The average molecular weight is 359 g/mol. The van der Waals surface area contributed by atoms with Crippen LogP contribution in [0.5, 0.6) is 0 Å². The van der Waals surface area contributed by atoms with E-state index in [-0.39, 0.29) is 35.0 Å². The van der Waals surface area contributed by atoms with Crippen LogP contribution in [-0.4, -0.2) is 39.2 Å². The van der Waals surface area contributed by atoms with E-state index in [1.54, 1.807) is 0 Å². The fourth-order valence-corrected chi connectivity index (χ4v) is 4.47. The maximum absolute atomic E-state index is 11.5. The molecule has 0 aliphatic carbocycles. The summed E-state index contributed by atoms with van der Waals surface area (Å²) in [5.74, 6) is -0.344. The zero-order valence-corrected chi connectivity index (χ0v) is 18.3. The van der Waals surface area contributed by atoms with Crippen LogP contribution in [-0.2, 0) is 18.7 Å². The van der Waals surface area contributed by atoms with E-state index < -0.39 is 14.1 Å². The van der Waals surface area contributed by atoms with Gasteiger partial charge in [-0.25, -0.2) is 0 Å². The van der Waals surface area contributed by atoms with E-state index in [4.69, 9.17) is 13.9 Å². The van der Waals surface area contributed by atoms with Gasteiger partial charge >= 0.3 is 0 Å². The van der Waals surface area contributed by atoms with E-state index in [9.17, 15) is 4.79 Å². The molecule has 0 amide bonds. The number of ether oxygens (including phenoxy) is 2. The number of rotatable bonds is 6. The smallest absolute Gasteiger partial charge is 0.192 e. The van der Waals surface area contributed by atoms with Gasteiger partial charge in [0.05, 0.1) is 18.8 Å². The Hall–Kier alpha value is -0.233. The molecular weight excluding hydrogens is 320 g/mol. The van der Waals surface area contributed by atoms with Crippen molar-refractivity contribution in [2.45, 2.75) is 91.5 Å². The van der Waals surface area contributed by atoms with Crippen LogP contribution in [0, 0.1) is 17.8 Å². The Morgan fingerprint density at radius 3 is 2.25 bits per heavy atom. The minimum Gasteiger partial charge on any atom is -0.413 e. The summed E-state index contributed by atoms with van der Waals surface area (Å²) < 4.78 is 18.7. The molecule has 4 nitrogen and oxygen atoms in total. The van der Waals surface area contributed by atoms with Gasteiger partial charge < -0.3 is 18.7 Å². The van der Waals surface area contributed by atoms with Crippen LogP contribution in [0.15, 0.2) is 0 Å². The number of hydrogen-bond donors (Lipinski definition) is 0. The molecule has 1 heterocycles. The summed E-state index contributed by atoms with van der Waals surface area (Å²) in [4.78, 5) is 11.5. The molecular formula is C19H38O4Si. The van der Waals surface area contributed by atoms with E-state index >= 15 is 0 Å². The van der Waals surface area contributed by atoms with Crippen LogP contribution in [0.2, 0.25) is 18.1 Å². The SMILES string of the molecule is C[C@@H]([C@H](O[Si](C)(C)C(C)(C)C)[C@H](C)C=O)[C@@H]1OC(C)(C)OC[C@H]1C. The molecule has 0 radical (unpaired) electrons. The zero-order chi connectivity index (χ0) is 18.9. The molecule has 0 aromatic heterocycles. The van der Waals surface area contributed by atoms with Gasteiger partial charge in [0.2, 0.25) is 0 Å². The Morgan fingerprint density at radius 1 is 1.25 bits per heavy atom. The molecule has 0 aromatic rings. The predicted molar refractivity (Wildman–Crippen MR) is 101 cm³/mol. The van der Waals surface area contributed by atoms with Gasteiger partial charge in [0.1, 0.15) is 6.29 Å². The molecule has 142 valence electrons. The molecule has 1 aliphatic rings. The molecule has 0 spiro atoms. The molecule has 0 aromatic carbocycles. The van der Waals surface area contributed by atoms with E-state index in [2.05, 4.69) is 47.7 Å². The lowest BCUT2D eigenvalue weighted by molar-refractivity contribution is -0.304. The highest BCUT2D eigenvalue weighted by molar-refractivity contribution is 6.74. The van der Waals surface area contributed by atoms with Crippen LogP contribution in [0.25, 0.3) is 0 Å². The van der Waals surface area contributed by atoms with Crippen molar-refractivity contribution in [3.05, 3.63) is 0 Å². The molecule has 1 saturated heterocycles. The van der Waals surface area contributed by atoms with Gasteiger partial charge in [0, 0.05) is 17.8 Å². The van der Waals surface area contributed by atoms with Crippen molar-refractivity contribution in [2.24, 2.45) is 17.8 Å². The lowest BCUT2D eigenvalue weighted by Gasteiger charge is -2.47. The van der Waals surface area contributed by atoms with E-state index in [1.165, 1.54) is 0 Å². The first-order chi connectivity index (χ1) is 10.7. The highest BCUT2D eigenvalue weighted by atomic mass is 28.4. The molecule has 1 fully saturated rings. The van der Waals surface area contributed by atoms with Crippen LogP contribution >= 0.6 is 0 Å². The standard InChI is InChI=1S/C19H38O4Si/c1-13(11-20)17(23-24(9,10)18(4,5)6)15(3)16-14(2)12-21-19(7,8)22-16/h11,13-17H,12H2,1-10H3/t13-,14-,15-,16-,17-/m1/s1. The monoisotopic (exact) mass is 358 g/mol. The Bertz CT molecular complexity index is 428. The highest BCUT2D eigenvalue weighted by Crippen LogP contribution is 2.41. The minimum absolute atomic E-state index is 0.0194. The summed E-state index contributed by atoms with van der Waals surface area (Å²) in [6.45, 7) is 22.0. The first-order valence-electron chi connectivity index (χ1n) is 9.17. The van der Waals surface area contributed by atoms with Gasteiger partial charge in [-0.2, -0.15) is 0 Å². The summed E-state index contributed by atoms with van der Waals surface area (Å²) in [5, 5.41) is 0.106. The predicted octanol–water partition coefficient (Wildman–Crippen LogP) is 4.64. The summed E-state index contributed by atoms with van der Waals surface area (Å²) >= 11 is 0. The topological polar surface area (TPSA) is 44.8 Å². The zero-order valence-electron chi connectivity index (χ0n) is 17.3. The van der Waals surface area contributed by atoms with Crippen molar-refractivity contribution in [2.75, 3.05) is 6.61 Å². The van der Waals surface area contributed by atoms with Crippen LogP contribution < -0.4 is 0 Å².